The van der Waals surface area contributed by atoms with E-state index >= 15 is 0 Å². The SMILES string of the molecule is CN1C[C@]2(CCCN(c3nnc(C(C)(C)C)o3)CC2)OC1=O. The van der Waals surface area contributed by atoms with Gasteiger partial charge in [0.2, 0.25) is 5.89 Å². The Bertz CT molecular complexity index is 565. The van der Waals surface area contributed by atoms with Crippen molar-refractivity contribution in [2.45, 2.75) is 51.0 Å². The number of amides is 1. The number of carbonyl (C=O) groups excluding carboxylic acids is 1. The highest BCUT2D eigenvalue weighted by atomic mass is 16.6. The fraction of sp³-hybridized carbons (Fsp3) is 0.800. The normalized spacial score (nSPS) is 26.5. The smallest absolute Gasteiger partial charge is 0.410 e. The lowest BCUT2D eigenvalue weighted by atomic mass is 9.95. The Labute approximate surface area is 130 Å². The molecule has 0 saturated carbocycles. The van der Waals surface area contributed by atoms with E-state index in [-0.39, 0.29) is 17.1 Å². The minimum Gasteiger partial charge on any atom is -0.441 e. The molecule has 1 spiro atoms. The summed E-state index contributed by atoms with van der Waals surface area (Å²) in [6.45, 7) is 8.42. The number of aromatic nitrogens is 2. The fourth-order valence-electron chi connectivity index (χ4n) is 3.06. The monoisotopic (exact) mass is 308 g/mol. The lowest BCUT2D eigenvalue weighted by Gasteiger charge is -2.24. The van der Waals surface area contributed by atoms with Crippen LogP contribution in [0.1, 0.15) is 45.9 Å². The number of likely N-dealkylation sites (N-methyl/N-ethyl adjacent to an activating group) is 1. The maximum atomic E-state index is 11.7. The molecule has 3 heterocycles. The third-order valence-electron chi connectivity index (χ3n) is 4.37. The molecule has 2 aliphatic heterocycles. The van der Waals surface area contributed by atoms with Crippen molar-refractivity contribution < 1.29 is 13.9 Å². The Morgan fingerprint density at radius 3 is 2.55 bits per heavy atom. The number of ether oxygens (including phenoxy) is 1. The Morgan fingerprint density at radius 2 is 1.95 bits per heavy atom. The molecule has 0 bridgehead atoms. The lowest BCUT2D eigenvalue weighted by molar-refractivity contribution is 0.0472. The number of rotatable bonds is 1. The summed E-state index contributed by atoms with van der Waals surface area (Å²) in [4.78, 5) is 15.4. The first-order valence-electron chi connectivity index (χ1n) is 7.82. The van der Waals surface area contributed by atoms with E-state index in [1.54, 1.807) is 11.9 Å². The molecule has 1 amide bonds. The van der Waals surface area contributed by atoms with Crippen LogP contribution in [-0.4, -0.2) is 53.5 Å². The number of carbonyl (C=O) groups is 1. The molecule has 0 aliphatic carbocycles. The molecule has 1 aromatic rings. The van der Waals surface area contributed by atoms with Gasteiger partial charge in [-0.15, -0.1) is 5.10 Å². The van der Waals surface area contributed by atoms with Gasteiger partial charge in [0.1, 0.15) is 5.60 Å². The second kappa shape index (κ2) is 5.14. The molecule has 0 aromatic carbocycles. The van der Waals surface area contributed by atoms with Crippen LogP contribution in [0.2, 0.25) is 0 Å². The van der Waals surface area contributed by atoms with Crippen molar-refractivity contribution in [2.75, 3.05) is 31.6 Å². The topological polar surface area (TPSA) is 71.7 Å². The molecule has 7 heteroatoms. The number of hydrogen-bond acceptors (Lipinski definition) is 6. The molecular formula is C15H24N4O3. The first-order valence-corrected chi connectivity index (χ1v) is 7.82. The number of nitrogens with zero attached hydrogens (tertiary/aromatic N) is 4. The summed E-state index contributed by atoms with van der Waals surface area (Å²) < 4.78 is 11.4. The van der Waals surface area contributed by atoms with E-state index in [4.69, 9.17) is 9.15 Å². The molecule has 0 N–H and O–H groups in total. The molecule has 2 saturated heterocycles. The van der Waals surface area contributed by atoms with Gasteiger partial charge in [0.15, 0.2) is 0 Å². The summed E-state index contributed by atoms with van der Waals surface area (Å²) >= 11 is 0. The van der Waals surface area contributed by atoms with E-state index in [1.807, 2.05) is 0 Å². The van der Waals surface area contributed by atoms with E-state index in [0.29, 0.717) is 18.5 Å². The van der Waals surface area contributed by atoms with Crippen molar-refractivity contribution in [2.24, 2.45) is 0 Å². The van der Waals surface area contributed by atoms with Gasteiger partial charge in [0.25, 0.3) is 0 Å². The van der Waals surface area contributed by atoms with E-state index in [1.165, 1.54) is 0 Å². The second-order valence-electron chi connectivity index (χ2n) is 7.39. The molecule has 3 rings (SSSR count). The third kappa shape index (κ3) is 2.76. The van der Waals surface area contributed by atoms with Crippen LogP contribution >= 0.6 is 0 Å². The largest absolute Gasteiger partial charge is 0.441 e. The van der Waals surface area contributed by atoms with Gasteiger partial charge in [0, 0.05) is 32.0 Å². The van der Waals surface area contributed by atoms with Crippen molar-refractivity contribution in [3.05, 3.63) is 5.89 Å². The minimum atomic E-state index is -0.354. The molecule has 2 aliphatic rings. The first kappa shape index (κ1) is 15.1. The molecule has 0 unspecified atom stereocenters. The van der Waals surface area contributed by atoms with Gasteiger partial charge in [-0.2, -0.15) is 0 Å². The van der Waals surface area contributed by atoms with Crippen LogP contribution in [0.15, 0.2) is 4.42 Å². The summed E-state index contributed by atoms with van der Waals surface area (Å²) in [6.07, 6.45) is 2.38. The van der Waals surface area contributed by atoms with Crippen LogP contribution in [0.3, 0.4) is 0 Å². The summed E-state index contributed by atoms with van der Waals surface area (Å²) in [5.41, 5.74) is -0.504. The maximum absolute atomic E-state index is 11.7. The summed E-state index contributed by atoms with van der Waals surface area (Å²) in [5.74, 6) is 0.647. The van der Waals surface area contributed by atoms with Crippen molar-refractivity contribution in [1.82, 2.24) is 15.1 Å². The Hall–Kier alpha value is -1.79. The highest BCUT2D eigenvalue weighted by Gasteiger charge is 2.44. The third-order valence-corrected chi connectivity index (χ3v) is 4.37. The number of hydrogen-bond donors (Lipinski definition) is 0. The zero-order chi connectivity index (χ0) is 16.0. The zero-order valence-electron chi connectivity index (χ0n) is 13.8. The Balaban J connectivity index is 1.71. The van der Waals surface area contributed by atoms with Crippen LogP contribution in [0, 0.1) is 0 Å². The summed E-state index contributed by atoms with van der Waals surface area (Å²) in [5, 5.41) is 8.34. The first-order chi connectivity index (χ1) is 10.3. The van der Waals surface area contributed by atoms with Crippen molar-refractivity contribution >= 4 is 12.1 Å². The molecule has 1 aromatic heterocycles. The van der Waals surface area contributed by atoms with Gasteiger partial charge >= 0.3 is 12.1 Å². The number of anilines is 1. The van der Waals surface area contributed by atoms with Gasteiger partial charge < -0.3 is 19.0 Å². The predicted octanol–water partition coefficient (Wildman–Crippen LogP) is 2.18. The molecule has 2 fully saturated rings. The molecule has 7 nitrogen and oxygen atoms in total. The highest BCUT2D eigenvalue weighted by molar-refractivity contribution is 5.70. The van der Waals surface area contributed by atoms with Crippen LogP contribution < -0.4 is 4.90 Å². The average Bonchev–Trinajstić information content (AvgIpc) is 2.95. The highest BCUT2D eigenvalue weighted by Crippen LogP contribution is 2.34. The van der Waals surface area contributed by atoms with E-state index in [2.05, 4.69) is 35.9 Å². The molecular weight excluding hydrogens is 284 g/mol. The van der Waals surface area contributed by atoms with Gasteiger partial charge in [-0.1, -0.05) is 25.9 Å². The Morgan fingerprint density at radius 1 is 1.18 bits per heavy atom. The van der Waals surface area contributed by atoms with Gasteiger partial charge in [-0.05, 0) is 12.8 Å². The molecule has 122 valence electrons. The predicted molar refractivity (Wildman–Crippen MR) is 80.9 cm³/mol. The molecule has 0 radical (unpaired) electrons. The van der Waals surface area contributed by atoms with E-state index in [0.717, 1.165) is 32.4 Å². The Kier molecular flexibility index (Phi) is 3.53. The zero-order valence-corrected chi connectivity index (χ0v) is 13.8. The minimum absolute atomic E-state index is 0.151. The van der Waals surface area contributed by atoms with Crippen LogP contribution in [0.25, 0.3) is 0 Å². The fourth-order valence-corrected chi connectivity index (χ4v) is 3.06. The van der Waals surface area contributed by atoms with Gasteiger partial charge in [-0.3, -0.25) is 0 Å². The van der Waals surface area contributed by atoms with Crippen molar-refractivity contribution in [3.8, 4) is 0 Å². The van der Waals surface area contributed by atoms with Crippen LogP contribution in [-0.2, 0) is 10.2 Å². The summed E-state index contributed by atoms with van der Waals surface area (Å²) in [7, 11) is 1.79. The standard InChI is InChI=1S/C15H24N4O3/c1-14(2,3)11-16-17-12(21-11)19-8-5-6-15(7-9-19)10-18(4)13(20)22-15/h5-10H2,1-4H3/t15-/m1/s1. The van der Waals surface area contributed by atoms with Crippen LogP contribution in [0.4, 0.5) is 10.8 Å². The van der Waals surface area contributed by atoms with Crippen LogP contribution in [0.5, 0.6) is 0 Å². The lowest BCUT2D eigenvalue weighted by Crippen LogP contribution is -2.35. The average molecular weight is 308 g/mol. The molecule has 22 heavy (non-hydrogen) atoms. The molecule has 1 atom stereocenters. The van der Waals surface area contributed by atoms with E-state index < -0.39 is 0 Å². The van der Waals surface area contributed by atoms with Gasteiger partial charge in [0.05, 0.1) is 6.54 Å². The quantitative estimate of drug-likeness (QED) is 0.792. The van der Waals surface area contributed by atoms with E-state index in [9.17, 15) is 4.79 Å². The van der Waals surface area contributed by atoms with Crippen molar-refractivity contribution in [3.63, 3.8) is 0 Å². The second-order valence-corrected chi connectivity index (χ2v) is 7.39. The summed E-state index contributed by atoms with van der Waals surface area (Å²) in [6, 6.07) is 0.569. The van der Waals surface area contributed by atoms with Crippen molar-refractivity contribution in [1.29, 1.82) is 0 Å². The van der Waals surface area contributed by atoms with Gasteiger partial charge in [-0.25, -0.2) is 4.79 Å². The maximum Gasteiger partial charge on any atom is 0.410 e.